The maximum atomic E-state index is 11.9. The molecule has 0 bridgehead atoms. The molecule has 0 heterocycles. The first-order chi connectivity index (χ1) is 15.1. The summed E-state index contributed by atoms with van der Waals surface area (Å²) in [6.45, 7) is 2.27. The number of aliphatic hydroxyl groups excluding tert-OH is 1. The van der Waals surface area contributed by atoms with Gasteiger partial charge < -0.3 is 15.2 Å². The SMILES string of the molecule is CCCCCCCCCCCCCCC(O)CC(=O)NCC(=O)OCc1ccccc1. The summed E-state index contributed by atoms with van der Waals surface area (Å²) in [6.07, 6.45) is 15.3. The maximum Gasteiger partial charge on any atom is 0.325 e. The number of hydrogen-bond donors (Lipinski definition) is 2. The van der Waals surface area contributed by atoms with Gasteiger partial charge in [-0.3, -0.25) is 9.59 Å². The van der Waals surface area contributed by atoms with Gasteiger partial charge in [0, 0.05) is 0 Å². The predicted molar refractivity (Wildman–Crippen MR) is 126 cm³/mol. The van der Waals surface area contributed by atoms with Gasteiger partial charge in [0.15, 0.2) is 0 Å². The predicted octanol–water partition coefficient (Wildman–Crippen LogP) is 5.69. The fraction of sp³-hybridized carbons (Fsp3) is 0.692. The van der Waals surface area contributed by atoms with Gasteiger partial charge in [-0.25, -0.2) is 0 Å². The number of unbranched alkanes of at least 4 members (excludes halogenated alkanes) is 11. The van der Waals surface area contributed by atoms with Gasteiger partial charge in [-0.15, -0.1) is 0 Å². The van der Waals surface area contributed by atoms with Crippen molar-refractivity contribution in [3.05, 3.63) is 35.9 Å². The van der Waals surface area contributed by atoms with Gasteiger partial charge in [-0.05, 0) is 12.0 Å². The van der Waals surface area contributed by atoms with Gasteiger partial charge in [0.1, 0.15) is 13.2 Å². The summed E-state index contributed by atoms with van der Waals surface area (Å²) in [7, 11) is 0. The van der Waals surface area contributed by atoms with Gasteiger partial charge in [-0.1, -0.05) is 114 Å². The van der Waals surface area contributed by atoms with Crippen molar-refractivity contribution in [3.8, 4) is 0 Å². The third-order valence-corrected chi connectivity index (χ3v) is 5.48. The van der Waals surface area contributed by atoms with Crippen molar-refractivity contribution in [1.82, 2.24) is 5.32 Å². The molecule has 1 aromatic carbocycles. The third kappa shape index (κ3) is 16.5. The van der Waals surface area contributed by atoms with Crippen LogP contribution in [0.25, 0.3) is 0 Å². The van der Waals surface area contributed by atoms with Crippen molar-refractivity contribution >= 4 is 11.9 Å². The van der Waals surface area contributed by atoms with Gasteiger partial charge in [0.2, 0.25) is 5.91 Å². The van der Waals surface area contributed by atoms with Crippen LogP contribution in [0.3, 0.4) is 0 Å². The summed E-state index contributed by atoms with van der Waals surface area (Å²) in [6, 6.07) is 9.40. The summed E-state index contributed by atoms with van der Waals surface area (Å²) >= 11 is 0. The molecule has 1 amide bonds. The number of benzene rings is 1. The van der Waals surface area contributed by atoms with E-state index in [1.54, 1.807) is 0 Å². The molecular weight excluding hydrogens is 390 g/mol. The molecule has 176 valence electrons. The van der Waals surface area contributed by atoms with E-state index in [0.29, 0.717) is 6.42 Å². The van der Waals surface area contributed by atoms with Crippen LogP contribution in [0.5, 0.6) is 0 Å². The fourth-order valence-corrected chi connectivity index (χ4v) is 3.57. The van der Waals surface area contributed by atoms with E-state index in [1.807, 2.05) is 30.3 Å². The Hall–Kier alpha value is -1.88. The number of carbonyl (C=O) groups is 2. The first kappa shape index (κ1) is 27.2. The normalized spacial score (nSPS) is 11.8. The van der Waals surface area contributed by atoms with Crippen LogP contribution in [-0.2, 0) is 20.9 Å². The Balaban J connectivity index is 1.92. The molecular formula is C26H43NO4. The van der Waals surface area contributed by atoms with Crippen molar-refractivity contribution in [2.45, 2.75) is 110 Å². The van der Waals surface area contributed by atoms with E-state index in [2.05, 4.69) is 12.2 Å². The van der Waals surface area contributed by atoms with Crippen molar-refractivity contribution in [2.24, 2.45) is 0 Å². The monoisotopic (exact) mass is 433 g/mol. The lowest BCUT2D eigenvalue weighted by atomic mass is 10.0. The Morgan fingerprint density at radius 1 is 0.871 bits per heavy atom. The number of hydrogen-bond acceptors (Lipinski definition) is 4. The zero-order chi connectivity index (χ0) is 22.6. The minimum Gasteiger partial charge on any atom is -0.460 e. The molecule has 0 aliphatic heterocycles. The number of esters is 1. The van der Waals surface area contributed by atoms with Crippen LogP contribution in [0.4, 0.5) is 0 Å². The van der Waals surface area contributed by atoms with E-state index in [0.717, 1.165) is 18.4 Å². The van der Waals surface area contributed by atoms with E-state index < -0.39 is 12.1 Å². The van der Waals surface area contributed by atoms with Crippen molar-refractivity contribution in [1.29, 1.82) is 0 Å². The van der Waals surface area contributed by atoms with E-state index in [4.69, 9.17) is 4.74 Å². The van der Waals surface area contributed by atoms with Crippen molar-refractivity contribution in [3.63, 3.8) is 0 Å². The lowest BCUT2D eigenvalue weighted by Gasteiger charge is -2.11. The second-order valence-electron chi connectivity index (χ2n) is 8.46. The molecule has 2 N–H and O–H groups in total. The Morgan fingerprint density at radius 2 is 1.42 bits per heavy atom. The number of aliphatic hydroxyl groups is 1. The second kappa shape index (κ2) is 18.9. The van der Waals surface area contributed by atoms with Crippen molar-refractivity contribution in [2.75, 3.05) is 6.54 Å². The highest BCUT2D eigenvalue weighted by molar-refractivity contribution is 5.82. The zero-order valence-corrected chi connectivity index (χ0v) is 19.4. The molecule has 0 aliphatic carbocycles. The van der Waals surface area contributed by atoms with Crippen LogP contribution in [0.2, 0.25) is 0 Å². The van der Waals surface area contributed by atoms with Crippen LogP contribution in [0, 0.1) is 0 Å². The standard InChI is InChI=1S/C26H43NO4/c1-2-3-4-5-6-7-8-9-10-11-12-16-19-24(28)20-25(29)27-21-26(30)31-22-23-17-14-13-15-18-23/h13-15,17-18,24,28H,2-12,16,19-22H2,1H3,(H,27,29). The van der Waals surface area contributed by atoms with Crippen LogP contribution in [0.15, 0.2) is 30.3 Å². The van der Waals surface area contributed by atoms with Gasteiger partial charge in [0.05, 0.1) is 12.5 Å². The molecule has 0 aliphatic rings. The minimum absolute atomic E-state index is 0.0317. The molecule has 0 radical (unpaired) electrons. The average Bonchev–Trinajstić information content (AvgIpc) is 2.77. The van der Waals surface area contributed by atoms with Crippen LogP contribution in [0.1, 0.15) is 102 Å². The molecule has 0 saturated carbocycles. The molecule has 31 heavy (non-hydrogen) atoms. The molecule has 0 aromatic heterocycles. The van der Waals surface area contributed by atoms with E-state index in [-0.39, 0.29) is 25.5 Å². The molecule has 1 atom stereocenters. The molecule has 1 unspecified atom stereocenters. The van der Waals surface area contributed by atoms with Crippen LogP contribution < -0.4 is 5.32 Å². The van der Waals surface area contributed by atoms with Gasteiger partial charge in [-0.2, -0.15) is 0 Å². The zero-order valence-electron chi connectivity index (χ0n) is 19.4. The topological polar surface area (TPSA) is 75.6 Å². The third-order valence-electron chi connectivity index (χ3n) is 5.48. The highest BCUT2D eigenvalue weighted by Crippen LogP contribution is 2.13. The minimum atomic E-state index is -0.650. The van der Waals surface area contributed by atoms with Gasteiger partial charge in [0.25, 0.3) is 0 Å². The molecule has 0 spiro atoms. The summed E-state index contributed by atoms with van der Waals surface area (Å²) in [4.78, 5) is 23.6. The van der Waals surface area contributed by atoms with E-state index in [1.165, 1.54) is 64.2 Å². The average molecular weight is 434 g/mol. The Labute approximate surface area is 189 Å². The summed E-state index contributed by atoms with van der Waals surface area (Å²) in [5, 5.41) is 12.5. The summed E-state index contributed by atoms with van der Waals surface area (Å²) in [5.74, 6) is -0.796. The first-order valence-corrected chi connectivity index (χ1v) is 12.3. The first-order valence-electron chi connectivity index (χ1n) is 12.3. The van der Waals surface area contributed by atoms with Gasteiger partial charge >= 0.3 is 5.97 Å². The molecule has 5 nitrogen and oxygen atoms in total. The highest BCUT2D eigenvalue weighted by Gasteiger charge is 2.12. The fourth-order valence-electron chi connectivity index (χ4n) is 3.57. The van der Waals surface area contributed by atoms with E-state index in [9.17, 15) is 14.7 Å². The number of nitrogens with one attached hydrogen (secondary N) is 1. The second-order valence-corrected chi connectivity index (χ2v) is 8.46. The maximum absolute atomic E-state index is 11.9. The molecule has 1 rings (SSSR count). The quantitative estimate of drug-likeness (QED) is 0.217. The molecule has 5 heteroatoms. The lowest BCUT2D eigenvalue weighted by molar-refractivity contribution is -0.145. The van der Waals surface area contributed by atoms with E-state index >= 15 is 0 Å². The number of amides is 1. The molecule has 0 fully saturated rings. The number of ether oxygens (including phenoxy) is 1. The molecule has 1 aromatic rings. The Kier molecular flexibility index (Phi) is 16.5. The Morgan fingerprint density at radius 3 is 2.00 bits per heavy atom. The lowest BCUT2D eigenvalue weighted by Crippen LogP contribution is -2.32. The summed E-state index contributed by atoms with van der Waals surface area (Å²) in [5.41, 5.74) is 0.903. The number of carbonyl (C=O) groups excluding carboxylic acids is 2. The smallest absolute Gasteiger partial charge is 0.325 e. The van der Waals surface area contributed by atoms with Crippen molar-refractivity contribution < 1.29 is 19.4 Å². The highest BCUT2D eigenvalue weighted by atomic mass is 16.5. The number of rotatable bonds is 19. The molecule has 0 saturated heterocycles. The summed E-state index contributed by atoms with van der Waals surface area (Å²) < 4.78 is 5.12. The van der Waals surface area contributed by atoms with Crippen LogP contribution >= 0.6 is 0 Å². The van der Waals surface area contributed by atoms with Crippen LogP contribution in [-0.4, -0.2) is 29.6 Å². The largest absolute Gasteiger partial charge is 0.460 e. The Bertz CT molecular complexity index is 576.